The molecule has 3 atom stereocenters. The van der Waals surface area contributed by atoms with Crippen molar-refractivity contribution in [1.29, 1.82) is 0 Å². The highest BCUT2D eigenvalue weighted by atomic mass is 32.2. The van der Waals surface area contributed by atoms with Gasteiger partial charge >= 0.3 is 18.0 Å². The number of ether oxygens (including phenoxy) is 1. The molecule has 1 aromatic heterocycles. The molecule has 1 aromatic rings. The molecule has 4 heterocycles. The minimum absolute atomic E-state index is 0.0113. The number of carboxylic acids is 1. The van der Waals surface area contributed by atoms with Gasteiger partial charge in [0, 0.05) is 31.8 Å². The molecule has 0 aromatic carbocycles. The molecule has 2 saturated heterocycles. The van der Waals surface area contributed by atoms with E-state index in [1.165, 1.54) is 26.2 Å². The Balaban J connectivity index is 1.41. The molecular formula is C20H27N7O6S. The number of aromatic nitrogens is 4. The van der Waals surface area contributed by atoms with Crippen molar-refractivity contribution in [2.24, 2.45) is 13.0 Å². The number of nitrogens with zero attached hydrogens (tertiary/aromatic N) is 6. The number of amides is 3. The van der Waals surface area contributed by atoms with E-state index in [0.29, 0.717) is 29.4 Å². The summed E-state index contributed by atoms with van der Waals surface area (Å²) in [6.45, 7) is 5.69. The highest BCUT2D eigenvalue weighted by Gasteiger charge is 2.64. The van der Waals surface area contributed by atoms with Crippen molar-refractivity contribution in [3.8, 4) is 0 Å². The van der Waals surface area contributed by atoms with Gasteiger partial charge in [-0.1, -0.05) is 11.8 Å². The highest BCUT2D eigenvalue weighted by Crippen LogP contribution is 2.47. The number of hydrogen-bond donors (Lipinski definition) is 2. The van der Waals surface area contributed by atoms with E-state index in [1.54, 1.807) is 27.8 Å². The van der Waals surface area contributed by atoms with Crippen LogP contribution in [0.4, 0.5) is 4.79 Å². The maximum absolute atomic E-state index is 12.9. The van der Waals surface area contributed by atoms with Crippen molar-refractivity contribution >= 4 is 35.6 Å². The predicted molar refractivity (Wildman–Crippen MR) is 117 cm³/mol. The number of thioether (sulfide) groups is 1. The van der Waals surface area contributed by atoms with Crippen LogP contribution < -0.4 is 5.32 Å². The lowest BCUT2D eigenvalue weighted by Gasteiger charge is -2.49. The Morgan fingerprint density at radius 2 is 2.03 bits per heavy atom. The molecule has 2 N–H and O–H groups in total. The second kappa shape index (κ2) is 8.89. The Kier molecular flexibility index (Phi) is 6.27. The molecule has 184 valence electrons. The van der Waals surface area contributed by atoms with Crippen LogP contribution in [-0.2, 0) is 26.2 Å². The normalized spacial score (nSPS) is 23.5. The topological polar surface area (TPSA) is 160 Å². The van der Waals surface area contributed by atoms with Gasteiger partial charge in [0.05, 0.1) is 12.5 Å². The molecular weight excluding hydrogens is 466 g/mol. The predicted octanol–water partition coefficient (Wildman–Crippen LogP) is -0.00280. The summed E-state index contributed by atoms with van der Waals surface area (Å²) >= 11 is 1.29. The van der Waals surface area contributed by atoms with Gasteiger partial charge in [0.2, 0.25) is 5.16 Å². The van der Waals surface area contributed by atoms with Gasteiger partial charge in [-0.25, -0.2) is 14.3 Å². The Bertz CT molecular complexity index is 1060. The van der Waals surface area contributed by atoms with Crippen molar-refractivity contribution in [2.45, 2.75) is 56.5 Å². The fourth-order valence-electron chi connectivity index (χ4n) is 4.63. The van der Waals surface area contributed by atoms with Gasteiger partial charge in [-0.2, -0.15) is 0 Å². The monoisotopic (exact) mass is 493 g/mol. The lowest BCUT2D eigenvalue weighted by Crippen LogP contribution is -2.70. The third kappa shape index (κ3) is 4.45. The molecule has 0 saturated carbocycles. The van der Waals surface area contributed by atoms with Gasteiger partial charge in [-0.3, -0.25) is 14.5 Å². The van der Waals surface area contributed by atoms with Crippen LogP contribution in [0, 0.1) is 5.92 Å². The Morgan fingerprint density at radius 3 is 2.65 bits per heavy atom. The second-order valence-corrected chi connectivity index (χ2v) is 10.4. The van der Waals surface area contributed by atoms with Crippen LogP contribution in [0.1, 0.15) is 33.6 Å². The molecule has 0 radical (unpaired) electrons. The fourth-order valence-corrected chi connectivity index (χ4v) is 5.51. The number of likely N-dealkylation sites (tertiary alicyclic amines) is 1. The van der Waals surface area contributed by atoms with E-state index in [1.807, 2.05) is 0 Å². The van der Waals surface area contributed by atoms with E-state index >= 15 is 0 Å². The van der Waals surface area contributed by atoms with E-state index in [4.69, 9.17) is 4.74 Å². The molecule has 3 amide bonds. The minimum atomic E-state index is -1.17. The SMILES string of the molecule is Cn1nnnc1SCC1=C(C(=O)O)N2C(=O)[C@@H]3[C@H]2[C@H](C1)CN3C(=O)NCCC(=O)OC(C)(C)C. The molecule has 0 aliphatic carbocycles. The molecule has 2 fully saturated rings. The lowest BCUT2D eigenvalue weighted by atomic mass is 9.79. The summed E-state index contributed by atoms with van der Waals surface area (Å²) in [7, 11) is 1.69. The van der Waals surface area contributed by atoms with Crippen molar-refractivity contribution in [2.75, 3.05) is 18.8 Å². The highest BCUT2D eigenvalue weighted by molar-refractivity contribution is 7.99. The number of urea groups is 1. The summed E-state index contributed by atoms with van der Waals surface area (Å²) in [5, 5.41) is 24.3. The summed E-state index contributed by atoms with van der Waals surface area (Å²) in [6.07, 6.45) is 0.462. The number of aliphatic carboxylic acids is 1. The van der Waals surface area contributed by atoms with Crippen LogP contribution in [0.15, 0.2) is 16.4 Å². The zero-order valence-corrected chi connectivity index (χ0v) is 20.2. The van der Waals surface area contributed by atoms with Gasteiger partial charge < -0.3 is 20.1 Å². The van der Waals surface area contributed by atoms with Crippen molar-refractivity contribution in [1.82, 2.24) is 35.3 Å². The Morgan fingerprint density at radius 1 is 1.29 bits per heavy atom. The van der Waals surface area contributed by atoms with Crippen molar-refractivity contribution in [3.63, 3.8) is 0 Å². The molecule has 4 rings (SSSR count). The van der Waals surface area contributed by atoms with E-state index < -0.39 is 35.5 Å². The lowest BCUT2D eigenvalue weighted by molar-refractivity contribution is -0.156. The first kappa shape index (κ1) is 24.0. The zero-order valence-electron chi connectivity index (χ0n) is 19.3. The van der Waals surface area contributed by atoms with Crippen LogP contribution >= 0.6 is 11.8 Å². The number of carboxylic acid groups (broad SMARTS) is 1. The second-order valence-electron chi connectivity index (χ2n) is 9.46. The number of rotatable bonds is 7. The van der Waals surface area contributed by atoms with E-state index in [0.717, 1.165) is 0 Å². The molecule has 0 spiro atoms. The standard InChI is InChI=1S/C20H27N7O6S/c1-20(2,3)33-12(28)5-6-21-18(32)26-8-10-7-11(9-34-19-22-23-24-25(19)4)14(17(30)31)27-13(10)15(26)16(27)29/h10,13,15H,5-9H2,1-4H3,(H,21,32)(H,30,31)/t10-,13-,15+/m1/s1. The van der Waals surface area contributed by atoms with Gasteiger partial charge in [0.15, 0.2) is 0 Å². The van der Waals surface area contributed by atoms with Crippen LogP contribution in [0.5, 0.6) is 0 Å². The zero-order chi connectivity index (χ0) is 24.8. The molecule has 3 aliphatic heterocycles. The minimum Gasteiger partial charge on any atom is -0.477 e. The number of aryl methyl sites for hydroxylation is 1. The van der Waals surface area contributed by atoms with Gasteiger partial charge in [-0.15, -0.1) is 5.10 Å². The van der Waals surface area contributed by atoms with Crippen LogP contribution in [0.3, 0.4) is 0 Å². The first-order chi connectivity index (χ1) is 16.0. The summed E-state index contributed by atoms with van der Waals surface area (Å²) < 4.78 is 6.72. The summed E-state index contributed by atoms with van der Waals surface area (Å²) in [4.78, 5) is 52.4. The number of tetrazole rings is 1. The number of nitrogens with one attached hydrogen (secondary N) is 1. The first-order valence-electron chi connectivity index (χ1n) is 10.9. The van der Waals surface area contributed by atoms with Gasteiger partial charge in [0.1, 0.15) is 17.3 Å². The molecule has 0 bridgehead atoms. The van der Waals surface area contributed by atoms with E-state index in [-0.39, 0.29) is 30.6 Å². The summed E-state index contributed by atoms with van der Waals surface area (Å²) in [6, 6.07) is -1.51. The van der Waals surface area contributed by atoms with Gasteiger partial charge in [-0.05, 0) is 43.2 Å². The number of esters is 1. The smallest absolute Gasteiger partial charge is 0.352 e. The van der Waals surface area contributed by atoms with Crippen molar-refractivity contribution in [3.05, 3.63) is 11.3 Å². The number of hydrogen-bond acceptors (Lipinski definition) is 9. The number of β-lactam (4-membered cyclic amide) rings is 1. The van der Waals surface area contributed by atoms with Crippen molar-refractivity contribution < 1.29 is 29.0 Å². The van der Waals surface area contributed by atoms with Crippen LogP contribution in [-0.4, -0.2) is 95.5 Å². The molecule has 0 unspecified atom stereocenters. The largest absolute Gasteiger partial charge is 0.477 e. The molecule has 3 aliphatic rings. The summed E-state index contributed by atoms with van der Waals surface area (Å²) in [5.74, 6) is -1.76. The van der Waals surface area contributed by atoms with Gasteiger partial charge in [0.25, 0.3) is 5.91 Å². The van der Waals surface area contributed by atoms with E-state index in [2.05, 4.69) is 20.8 Å². The first-order valence-corrected chi connectivity index (χ1v) is 11.9. The number of carbonyl (C=O) groups excluding carboxylic acids is 3. The third-order valence-corrected chi connectivity index (χ3v) is 6.99. The maximum atomic E-state index is 12.9. The number of carbonyl (C=O) groups is 4. The molecule has 34 heavy (non-hydrogen) atoms. The fraction of sp³-hybridized carbons (Fsp3) is 0.650. The molecule has 13 nitrogen and oxygen atoms in total. The van der Waals surface area contributed by atoms with Crippen LogP contribution in [0.2, 0.25) is 0 Å². The third-order valence-electron chi connectivity index (χ3n) is 5.89. The average Bonchev–Trinajstić information content (AvgIpc) is 3.31. The summed E-state index contributed by atoms with van der Waals surface area (Å²) in [5.41, 5.74) is -0.0140. The Hall–Kier alpha value is -3.16. The Labute approximate surface area is 199 Å². The molecule has 14 heteroatoms. The maximum Gasteiger partial charge on any atom is 0.352 e. The average molecular weight is 494 g/mol. The van der Waals surface area contributed by atoms with Crippen LogP contribution in [0.25, 0.3) is 0 Å². The quantitative estimate of drug-likeness (QED) is 0.300. The van der Waals surface area contributed by atoms with E-state index in [9.17, 15) is 24.3 Å².